The van der Waals surface area contributed by atoms with Gasteiger partial charge in [-0.3, -0.25) is 0 Å². The second-order valence-electron chi connectivity index (χ2n) is 6.57. The first-order valence-electron chi connectivity index (χ1n) is 9.56. The third-order valence-electron chi connectivity index (χ3n) is 4.73. The van der Waals surface area contributed by atoms with E-state index >= 15 is 0 Å². The molecule has 8 heteroatoms. The van der Waals surface area contributed by atoms with Gasteiger partial charge in [-0.2, -0.15) is 0 Å². The van der Waals surface area contributed by atoms with Crippen LogP contribution in [-0.4, -0.2) is 41.7 Å². The number of carbonyl (C=O) groups excluding carboxylic acids is 2. The van der Waals surface area contributed by atoms with Gasteiger partial charge < -0.3 is 19.7 Å². The first-order chi connectivity index (χ1) is 14.0. The van der Waals surface area contributed by atoms with E-state index in [1.165, 1.54) is 22.5 Å². The molecule has 1 N–H and O–H groups in total. The smallest absolute Gasteiger partial charge is 0.348 e. The van der Waals surface area contributed by atoms with Crippen molar-refractivity contribution in [1.29, 1.82) is 0 Å². The van der Waals surface area contributed by atoms with Gasteiger partial charge in [0, 0.05) is 13.1 Å². The van der Waals surface area contributed by atoms with Crippen molar-refractivity contribution in [3.63, 3.8) is 0 Å². The molecule has 0 unspecified atom stereocenters. The average molecular weight is 433 g/mol. The molecule has 0 radical (unpaired) electrons. The van der Waals surface area contributed by atoms with E-state index in [9.17, 15) is 9.59 Å². The van der Waals surface area contributed by atoms with Gasteiger partial charge in [0.1, 0.15) is 9.88 Å². The van der Waals surface area contributed by atoms with Crippen molar-refractivity contribution in [1.82, 2.24) is 4.90 Å². The molecule has 0 saturated heterocycles. The van der Waals surface area contributed by atoms with Gasteiger partial charge in [0.2, 0.25) is 0 Å². The number of thiocarbonyl (C=S) groups is 1. The van der Waals surface area contributed by atoms with Crippen LogP contribution in [0.2, 0.25) is 0 Å². The number of rotatable bonds is 5. The summed E-state index contributed by atoms with van der Waals surface area (Å²) in [7, 11) is 0. The Morgan fingerprint density at radius 2 is 1.79 bits per heavy atom. The van der Waals surface area contributed by atoms with Crippen LogP contribution >= 0.6 is 23.6 Å². The van der Waals surface area contributed by atoms with Gasteiger partial charge in [-0.25, -0.2) is 9.59 Å². The van der Waals surface area contributed by atoms with Gasteiger partial charge >= 0.3 is 11.9 Å². The van der Waals surface area contributed by atoms with Gasteiger partial charge in [-0.1, -0.05) is 24.3 Å². The van der Waals surface area contributed by atoms with E-state index in [1.807, 2.05) is 12.1 Å². The number of carbonyl (C=O) groups is 2. The molecule has 0 amide bonds. The first kappa shape index (κ1) is 21.3. The molecule has 0 bridgehead atoms. The Hall–Kier alpha value is -2.45. The molecule has 0 saturated carbocycles. The Bertz CT molecular complexity index is 939. The van der Waals surface area contributed by atoms with Crippen molar-refractivity contribution in [3.8, 4) is 0 Å². The molecule has 1 aliphatic heterocycles. The van der Waals surface area contributed by atoms with Crippen LogP contribution in [0, 0.1) is 6.92 Å². The van der Waals surface area contributed by atoms with Gasteiger partial charge in [0.05, 0.1) is 18.8 Å². The lowest BCUT2D eigenvalue weighted by Crippen LogP contribution is -2.38. The van der Waals surface area contributed by atoms with Crippen molar-refractivity contribution >= 4 is 45.6 Å². The molecule has 0 aliphatic carbocycles. The van der Waals surface area contributed by atoms with Crippen LogP contribution in [0.15, 0.2) is 24.3 Å². The van der Waals surface area contributed by atoms with Crippen LogP contribution in [0.25, 0.3) is 0 Å². The third-order valence-corrected chi connectivity index (χ3v) is 6.27. The molecule has 154 valence electrons. The maximum atomic E-state index is 12.5. The number of ether oxygens (including phenoxy) is 2. The van der Waals surface area contributed by atoms with E-state index in [1.54, 1.807) is 20.8 Å². The molecule has 1 aromatic carbocycles. The standard InChI is InChI=1S/C21H24N2O4S2/c1-4-26-19(24)16-13(3)17(20(25)27-5-2)29-18(16)22-21(28)23-11-10-14-8-6-7-9-15(14)12-23/h6-9H,4-5,10-12H2,1-3H3,(H,22,28). The summed E-state index contributed by atoms with van der Waals surface area (Å²) in [6.07, 6.45) is 0.903. The molecule has 2 heterocycles. The van der Waals surface area contributed by atoms with Gasteiger partial charge in [-0.05, 0) is 56.1 Å². The number of esters is 2. The first-order valence-corrected chi connectivity index (χ1v) is 10.8. The molecule has 2 aromatic rings. The van der Waals surface area contributed by atoms with Crippen LogP contribution in [0.3, 0.4) is 0 Å². The summed E-state index contributed by atoms with van der Waals surface area (Å²) in [6.45, 7) is 7.21. The largest absolute Gasteiger partial charge is 0.462 e. The van der Waals surface area contributed by atoms with E-state index in [-0.39, 0.29) is 13.2 Å². The highest BCUT2D eigenvalue weighted by Crippen LogP contribution is 2.35. The number of hydrogen-bond acceptors (Lipinski definition) is 6. The molecule has 29 heavy (non-hydrogen) atoms. The highest BCUT2D eigenvalue weighted by atomic mass is 32.1. The zero-order valence-corrected chi connectivity index (χ0v) is 18.4. The lowest BCUT2D eigenvalue weighted by Gasteiger charge is -2.31. The van der Waals surface area contributed by atoms with Crippen LogP contribution < -0.4 is 5.32 Å². The Labute approximate surface area is 179 Å². The third kappa shape index (κ3) is 4.59. The molecule has 1 aromatic heterocycles. The fourth-order valence-corrected chi connectivity index (χ4v) is 4.70. The molecule has 3 rings (SSSR count). The Morgan fingerprint density at radius 3 is 2.48 bits per heavy atom. The molecule has 0 fully saturated rings. The van der Waals surface area contributed by atoms with Crippen molar-refractivity contribution in [3.05, 3.63) is 51.4 Å². The average Bonchev–Trinajstić information content (AvgIpc) is 3.04. The predicted octanol–water partition coefficient (Wildman–Crippen LogP) is 4.17. The SMILES string of the molecule is CCOC(=O)c1sc(NC(=S)N2CCc3ccccc3C2)c(C(=O)OCC)c1C. The molecule has 6 nitrogen and oxygen atoms in total. The molecular weight excluding hydrogens is 408 g/mol. The number of hydrogen-bond donors (Lipinski definition) is 1. The summed E-state index contributed by atoms with van der Waals surface area (Å²) in [5.41, 5.74) is 3.44. The van der Waals surface area contributed by atoms with E-state index in [0.717, 1.165) is 13.0 Å². The van der Waals surface area contributed by atoms with Gasteiger partial charge in [0.25, 0.3) is 0 Å². The van der Waals surface area contributed by atoms with Crippen molar-refractivity contribution in [2.45, 2.75) is 33.7 Å². The number of nitrogens with zero attached hydrogens (tertiary/aromatic N) is 1. The Balaban J connectivity index is 1.85. The monoisotopic (exact) mass is 432 g/mol. The maximum absolute atomic E-state index is 12.5. The molecular formula is C21H24N2O4S2. The summed E-state index contributed by atoms with van der Waals surface area (Å²) >= 11 is 6.78. The minimum atomic E-state index is -0.480. The van der Waals surface area contributed by atoms with Crippen LogP contribution in [0.5, 0.6) is 0 Å². The number of fused-ring (bicyclic) bond motifs is 1. The van der Waals surface area contributed by atoms with Gasteiger partial charge in [0.15, 0.2) is 5.11 Å². The summed E-state index contributed by atoms with van der Waals surface area (Å²) in [5, 5.41) is 4.20. The van der Waals surface area contributed by atoms with Crippen molar-refractivity contribution < 1.29 is 19.1 Å². The van der Waals surface area contributed by atoms with E-state index in [2.05, 4.69) is 22.3 Å². The van der Waals surface area contributed by atoms with Crippen molar-refractivity contribution in [2.75, 3.05) is 25.1 Å². The second kappa shape index (κ2) is 9.37. The number of nitrogens with one attached hydrogen (secondary N) is 1. The maximum Gasteiger partial charge on any atom is 0.348 e. The summed E-state index contributed by atoms with van der Waals surface area (Å²) in [4.78, 5) is 27.3. The summed E-state index contributed by atoms with van der Waals surface area (Å²) < 4.78 is 10.3. The Kier molecular flexibility index (Phi) is 6.87. The number of anilines is 1. The van der Waals surface area contributed by atoms with E-state index in [4.69, 9.17) is 21.7 Å². The van der Waals surface area contributed by atoms with Crippen LogP contribution in [0.1, 0.15) is 50.6 Å². The molecule has 0 atom stereocenters. The number of thiophene rings is 1. The zero-order valence-electron chi connectivity index (χ0n) is 16.7. The molecule has 0 spiro atoms. The lowest BCUT2D eigenvalue weighted by molar-refractivity contribution is 0.0527. The van der Waals surface area contributed by atoms with Gasteiger partial charge in [-0.15, -0.1) is 11.3 Å². The Morgan fingerprint density at radius 1 is 1.14 bits per heavy atom. The second-order valence-corrected chi connectivity index (χ2v) is 7.98. The minimum Gasteiger partial charge on any atom is -0.462 e. The van der Waals surface area contributed by atoms with Crippen LogP contribution in [0.4, 0.5) is 5.00 Å². The fourth-order valence-electron chi connectivity index (χ4n) is 3.29. The predicted molar refractivity (Wildman–Crippen MR) is 118 cm³/mol. The molecule has 1 aliphatic rings. The summed E-state index contributed by atoms with van der Waals surface area (Å²) in [5.74, 6) is -0.933. The number of benzene rings is 1. The minimum absolute atomic E-state index is 0.246. The highest BCUT2D eigenvalue weighted by molar-refractivity contribution is 7.80. The van der Waals surface area contributed by atoms with Crippen LogP contribution in [-0.2, 0) is 22.4 Å². The zero-order chi connectivity index (χ0) is 21.0. The normalized spacial score (nSPS) is 12.9. The highest BCUT2D eigenvalue weighted by Gasteiger charge is 2.28. The van der Waals surface area contributed by atoms with E-state index < -0.39 is 11.9 Å². The lowest BCUT2D eigenvalue weighted by atomic mass is 10.0. The summed E-state index contributed by atoms with van der Waals surface area (Å²) in [6, 6.07) is 8.30. The topological polar surface area (TPSA) is 67.9 Å². The fraction of sp³-hybridized carbons (Fsp3) is 0.381. The quantitative estimate of drug-likeness (QED) is 0.562. The van der Waals surface area contributed by atoms with E-state index in [0.29, 0.717) is 32.7 Å². The van der Waals surface area contributed by atoms with Crippen molar-refractivity contribution in [2.24, 2.45) is 0 Å².